The minimum Gasteiger partial charge on any atom is -0.346 e. The van der Waals surface area contributed by atoms with Crippen molar-refractivity contribution in [3.05, 3.63) is 30.1 Å². The van der Waals surface area contributed by atoms with Crippen LogP contribution < -0.4 is 5.32 Å². The van der Waals surface area contributed by atoms with Crippen LogP contribution in [0.25, 0.3) is 0 Å². The van der Waals surface area contributed by atoms with E-state index in [2.05, 4.69) is 25.5 Å². The number of nitrogens with zero attached hydrogens (tertiary/aromatic N) is 5. The molecule has 0 unspecified atom stereocenters. The number of carbonyl (C=O) groups excluding carboxylic acids is 1. The second-order valence-electron chi connectivity index (χ2n) is 4.53. The van der Waals surface area contributed by atoms with Crippen molar-refractivity contribution in [2.45, 2.75) is 38.5 Å². The Kier molecular flexibility index (Phi) is 5.26. The quantitative estimate of drug-likeness (QED) is 0.641. The minimum absolute atomic E-state index is 0.0803. The molecule has 2 rings (SSSR count). The lowest BCUT2D eigenvalue weighted by atomic mass is 10.3. The van der Waals surface area contributed by atoms with E-state index in [1.165, 1.54) is 11.8 Å². The molecule has 0 aliphatic carbocycles. The predicted octanol–water partition coefficient (Wildman–Crippen LogP) is 1.37. The Bertz CT molecular complexity index is 614. The Morgan fingerprint density at radius 3 is 3.05 bits per heavy atom. The van der Waals surface area contributed by atoms with Crippen molar-refractivity contribution in [1.82, 2.24) is 30.0 Å². The van der Waals surface area contributed by atoms with Crippen molar-refractivity contribution < 1.29 is 4.79 Å². The highest BCUT2D eigenvalue weighted by molar-refractivity contribution is 7.99. The molecule has 0 saturated carbocycles. The number of aryl methyl sites for hydroxylation is 2. The van der Waals surface area contributed by atoms with Gasteiger partial charge in [-0.1, -0.05) is 11.8 Å². The molecule has 0 bridgehead atoms. The zero-order valence-electron chi connectivity index (χ0n) is 12.3. The van der Waals surface area contributed by atoms with Gasteiger partial charge in [0.15, 0.2) is 11.0 Å². The number of nitrogens with one attached hydrogen (secondary N) is 1. The van der Waals surface area contributed by atoms with E-state index in [0.29, 0.717) is 5.16 Å². The molecule has 2 aromatic heterocycles. The molecule has 2 heterocycles. The minimum atomic E-state index is -0.182. The first-order valence-electron chi connectivity index (χ1n) is 6.69. The monoisotopic (exact) mass is 306 g/mol. The van der Waals surface area contributed by atoms with Crippen LogP contribution in [0.1, 0.15) is 31.4 Å². The first-order valence-corrected chi connectivity index (χ1v) is 7.68. The second-order valence-corrected chi connectivity index (χ2v) is 5.48. The molecule has 0 radical (unpaired) electrons. The standard InChI is InChI=1S/C13H18N6OS/c1-4-19-8-15-18-12(19)10(3)17-11(20)7-21-13-14-6-5-9(2)16-13/h5-6,8,10H,4,7H2,1-3H3,(H,17,20)/t10-/m0/s1. The molecular weight excluding hydrogens is 288 g/mol. The summed E-state index contributed by atoms with van der Waals surface area (Å²) < 4.78 is 1.90. The highest BCUT2D eigenvalue weighted by Crippen LogP contribution is 2.13. The van der Waals surface area contributed by atoms with Crippen LogP contribution in [0, 0.1) is 6.92 Å². The smallest absolute Gasteiger partial charge is 0.231 e. The Hall–Kier alpha value is -1.96. The molecule has 0 aliphatic rings. The van der Waals surface area contributed by atoms with Crippen molar-refractivity contribution in [2.75, 3.05) is 5.75 Å². The zero-order valence-corrected chi connectivity index (χ0v) is 13.1. The number of aromatic nitrogens is 5. The molecular formula is C13H18N6OS. The van der Waals surface area contributed by atoms with E-state index in [1.807, 2.05) is 31.4 Å². The third kappa shape index (κ3) is 4.25. The fourth-order valence-corrected chi connectivity index (χ4v) is 2.50. The van der Waals surface area contributed by atoms with E-state index >= 15 is 0 Å². The predicted molar refractivity (Wildman–Crippen MR) is 79.7 cm³/mol. The normalized spacial score (nSPS) is 12.1. The van der Waals surface area contributed by atoms with Gasteiger partial charge in [-0.05, 0) is 26.8 Å². The lowest BCUT2D eigenvalue weighted by molar-refractivity contribution is -0.119. The van der Waals surface area contributed by atoms with Gasteiger partial charge in [0, 0.05) is 18.4 Å². The van der Waals surface area contributed by atoms with Gasteiger partial charge in [0.05, 0.1) is 11.8 Å². The molecule has 2 aromatic rings. The summed E-state index contributed by atoms with van der Waals surface area (Å²) in [5.41, 5.74) is 0.886. The first-order chi connectivity index (χ1) is 10.1. The lowest BCUT2D eigenvalue weighted by Crippen LogP contribution is -2.30. The Morgan fingerprint density at radius 1 is 1.52 bits per heavy atom. The highest BCUT2D eigenvalue weighted by atomic mass is 32.2. The molecule has 0 fully saturated rings. The molecule has 0 aromatic carbocycles. The van der Waals surface area contributed by atoms with Crippen molar-refractivity contribution in [3.8, 4) is 0 Å². The van der Waals surface area contributed by atoms with Crippen LogP contribution in [0.5, 0.6) is 0 Å². The van der Waals surface area contributed by atoms with E-state index in [0.717, 1.165) is 18.1 Å². The van der Waals surface area contributed by atoms with E-state index in [4.69, 9.17) is 0 Å². The zero-order chi connectivity index (χ0) is 15.2. The molecule has 21 heavy (non-hydrogen) atoms. The van der Waals surface area contributed by atoms with E-state index in [-0.39, 0.29) is 17.7 Å². The van der Waals surface area contributed by atoms with Crippen LogP contribution in [-0.2, 0) is 11.3 Å². The van der Waals surface area contributed by atoms with Crippen LogP contribution in [0.15, 0.2) is 23.7 Å². The fourth-order valence-electron chi connectivity index (χ4n) is 1.82. The van der Waals surface area contributed by atoms with Gasteiger partial charge in [0.2, 0.25) is 5.91 Å². The van der Waals surface area contributed by atoms with Gasteiger partial charge in [-0.3, -0.25) is 4.79 Å². The van der Waals surface area contributed by atoms with Gasteiger partial charge in [0.1, 0.15) is 6.33 Å². The summed E-state index contributed by atoms with van der Waals surface area (Å²) >= 11 is 1.31. The summed E-state index contributed by atoms with van der Waals surface area (Å²) in [6.45, 7) is 6.56. The van der Waals surface area contributed by atoms with Gasteiger partial charge in [-0.15, -0.1) is 10.2 Å². The second kappa shape index (κ2) is 7.16. The molecule has 1 N–H and O–H groups in total. The van der Waals surface area contributed by atoms with Crippen molar-refractivity contribution in [2.24, 2.45) is 0 Å². The van der Waals surface area contributed by atoms with Crippen LogP contribution in [0.3, 0.4) is 0 Å². The summed E-state index contributed by atoms with van der Waals surface area (Å²) in [6.07, 6.45) is 3.35. The average molecular weight is 306 g/mol. The summed E-state index contributed by atoms with van der Waals surface area (Å²) in [6, 6.07) is 1.64. The van der Waals surface area contributed by atoms with E-state index in [1.54, 1.807) is 12.5 Å². The summed E-state index contributed by atoms with van der Waals surface area (Å²) in [5, 5.41) is 11.4. The Balaban J connectivity index is 1.87. The van der Waals surface area contributed by atoms with Gasteiger partial charge in [-0.25, -0.2) is 9.97 Å². The Labute approximate surface area is 127 Å². The summed E-state index contributed by atoms with van der Waals surface area (Å²) in [7, 11) is 0. The number of thioether (sulfide) groups is 1. The lowest BCUT2D eigenvalue weighted by Gasteiger charge is -2.13. The third-order valence-electron chi connectivity index (χ3n) is 2.86. The maximum absolute atomic E-state index is 12.0. The SMILES string of the molecule is CCn1cnnc1[C@H](C)NC(=O)CSc1nccc(C)n1. The summed E-state index contributed by atoms with van der Waals surface area (Å²) in [4.78, 5) is 20.3. The molecule has 0 spiro atoms. The van der Waals surface area contributed by atoms with Crippen molar-refractivity contribution in [1.29, 1.82) is 0 Å². The molecule has 1 amide bonds. The topological polar surface area (TPSA) is 85.6 Å². The highest BCUT2D eigenvalue weighted by Gasteiger charge is 2.15. The summed E-state index contributed by atoms with van der Waals surface area (Å²) in [5.74, 6) is 0.944. The van der Waals surface area contributed by atoms with Crippen LogP contribution >= 0.6 is 11.8 Å². The maximum atomic E-state index is 12.0. The van der Waals surface area contributed by atoms with E-state index in [9.17, 15) is 4.79 Å². The van der Waals surface area contributed by atoms with E-state index < -0.39 is 0 Å². The Morgan fingerprint density at radius 2 is 2.33 bits per heavy atom. The number of hydrogen-bond donors (Lipinski definition) is 1. The third-order valence-corrected chi connectivity index (χ3v) is 3.72. The molecule has 0 saturated heterocycles. The molecule has 1 atom stereocenters. The van der Waals surface area contributed by atoms with Gasteiger partial charge in [0.25, 0.3) is 0 Å². The number of carbonyl (C=O) groups is 1. The fraction of sp³-hybridized carbons (Fsp3) is 0.462. The average Bonchev–Trinajstić information content (AvgIpc) is 2.94. The van der Waals surface area contributed by atoms with Crippen LogP contribution in [-0.4, -0.2) is 36.4 Å². The molecule has 0 aliphatic heterocycles. The number of hydrogen-bond acceptors (Lipinski definition) is 6. The number of rotatable bonds is 6. The largest absolute Gasteiger partial charge is 0.346 e. The van der Waals surface area contributed by atoms with Gasteiger partial charge in [-0.2, -0.15) is 0 Å². The van der Waals surface area contributed by atoms with Crippen molar-refractivity contribution in [3.63, 3.8) is 0 Å². The molecule has 7 nitrogen and oxygen atoms in total. The molecule has 112 valence electrons. The van der Waals surface area contributed by atoms with Gasteiger partial charge >= 0.3 is 0 Å². The van der Waals surface area contributed by atoms with Gasteiger partial charge < -0.3 is 9.88 Å². The maximum Gasteiger partial charge on any atom is 0.231 e. The molecule has 8 heteroatoms. The first kappa shape index (κ1) is 15.4. The van der Waals surface area contributed by atoms with Crippen LogP contribution in [0.4, 0.5) is 0 Å². The van der Waals surface area contributed by atoms with Crippen LogP contribution in [0.2, 0.25) is 0 Å². The van der Waals surface area contributed by atoms with Crippen molar-refractivity contribution >= 4 is 17.7 Å². The number of amides is 1.